The van der Waals surface area contributed by atoms with Gasteiger partial charge in [0.25, 0.3) is 0 Å². The van der Waals surface area contributed by atoms with Crippen molar-refractivity contribution in [1.29, 1.82) is 0 Å². The van der Waals surface area contributed by atoms with Crippen LogP contribution in [-0.4, -0.2) is 24.9 Å². The van der Waals surface area contributed by atoms with Crippen LogP contribution in [-0.2, 0) is 0 Å². The number of nitrogens with zero attached hydrogens (tertiary/aromatic N) is 5. The van der Waals surface area contributed by atoms with E-state index < -0.39 is 0 Å². The van der Waals surface area contributed by atoms with Crippen molar-refractivity contribution in [3.63, 3.8) is 0 Å². The molecule has 5 heteroatoms. The van der Waals surface area contributed by atoms with Gasteiger partial charge >= 0.3 is 0 Å². The van der Waals surface area contributed by atoms with E-state index in [4.69, 9.17) is 15.0 Å². The molecule has 3 aromatic heterocycles. The molecule has 6 aromatic carbocycles. The molecule has 10 rings (SSSR count). The van der Waals surface area contributed by atoms with Gasteiger partial charge in [-0.2, -0.15) is 0 Å². The molecular weight excluding hydrogens is 731 g/mol. The highest BCUT2D eigenvalue weighted by Gasteiger charge is 2.18. The fraction of sp³-hybridized carbons (Fsp3) is 0.0364. The Bertz CT molecular complexity index is 2860. The highest BCUT2D eigenvalue weighted by atomic mass is 15.0. The van der Waals surface area contributed by atoms with E-state index in [0.717, 1.165) is 79.9 Å². The van der Waals surface area contributed by atoms with Crippen LogP contribution in [0, 0.1) is 0 Å². The van der Waals surface area contributed by atoms with E-state index in [-0.39, 0.29) is 0 Å². The second-order valence-corrected chi connectivity index (χ2v) is 14.9. The Hall–Kier alpha value is -7.89. The maximum Gasteiger partial charge on any atom is 0.164 e. The summed E-state index contributed by atoms with van der Waals surface area (Å²) in [5.74, 6) is 1.95. The zero-order valence-corrected chi connectivity index (χ0v) is 32.9. The summed E-state index contributed by atoms with van der Waals surface area (Å²) in [6.07, 6.45) is 9.78. The predicted molar refractivity (Wildman–Crippen MR) is 245 cm³/mol. The fourth-order valence-electron chi connectivity index (χ4n) is 7.76. The third-order valence-electron chi connectivity index (χ3n) is 11.0. The first-order chi connectivity index (χ1) is 29.7. The van der Waals surface area contributed by atoms with E-state index in [9.17, 15) is 0 Å². The van der Waals surface area contributed by atoms with Gasteiger partial charge in [-0.25, -0.2) is 15.0 Å². The van der Waals surface area contributed by atoms with Crippen LogP contribution in [0.1, 0.15) is 24.2 Å². The lowest BCUT2D eigenvalue weighted by molar-refractivity contribution is 0.985. The van der Waals surface area contributed by atoms with Crippen LogP contribution in [0.2, 0.25) is 0 Å². The Morgan fingerprint density at radius 1 is 0.267 bits per heavy atom. The normalized spacial score (nSPS) is 12.4. The molecule has 0 amide bonds. The zero-order chi connectivity index (χ0) is 40.1. The molecule has 284 valence electrons. The Balaban J connectivity index is 1.10. The van der Waals surface area contributed by atoms with E-state index in [0.29, 0.717) is 17.5 Å². The van der Waals surface area contributed by atoms with E-state index >= 15 is 0 Å². The Kier molecular flexibility index (Phi) is 10.0. The molecule has 0 saturated carbocycles. The maximum absolute atomic E-state index is 5.26. The minimum Gasteiger partial charge on any atom is -0.256 e. The van der Waals surface area contributed by atoms with E-state index in [1.54, 1.807) is 0 Å². The highest BCUT2D eigenvalue weighted by Crippen LogP contribution is 2.36. The summed E-state index contributed by atoms with van der Waals surface area (Å²) in [6, 6.07) is 65.4. The van der Waals surface area contributed by atoms with Gasteiger partial charge in [-0.15, -0.1) is 0 Å². The van der Waals surface area contributed by atoms with Crippen molar-refractivity contribution in [2.75, 3.05) is 0 Å². The molecule has 0 N–H and O–H groups in total. The molecule has 0 atom stereocenters. The Morgan fingerprint density at radius 3 is 1.15 bits per heavy atom. The lowest BCUT2D eigenvalue weighted by Gasteiger charge is -2.16. The van der Waals surface area contributed by atoms with Crippen molar-refractivity contribution in [2.45, 2.75) is 12.8 Å². The van der Waals surface area contributed by atoms with Gasteiger partial charge in [0.15, 0.2) is 17.5 Å². The minimum atomic E-state index is 0.624. The summed E-state index contributed by atoms with van der Waals surface area (Å²) in [4.78, 5) is 24.8. The monoisotopic (exact) mass is 769 g/mol. The zero-order valence-electron chi connectivity index (χ0n) is 32.9. The highest BCUT2D eigenvalue weighted by molar-refractivity contribution is 5.83. The first-order valence-electron chi connectivity index (χ1n) is 20.3. The van der Waals surface area contributed by atoms with Crippen LogP contribution >= 0.6 is 0 Å². The second kappa shape index (κ2) is 16.5. The first kappa shape index (κ1) is 36.5. The van der Waals surface area contributed by atoms with Crippen LogP contribution in [0.3, 0.4) is 0 Å². The van der Waals surface area contributed by atoms with Gasteiger partial charge in [0.05, 0.1) is 11.4 Å². The van der Waals surface area contributed by atoms with Gasteiger partial charge in [-0.05, 0) is 105 Å². The quantitative estimate of drug-likeness (QED) is 0.146. The smallest absolute Gasteiger partial charge is 0.164 e. The lowest BCUT2D eigenvalue weighted by Crippen LogP contribution is -2.05. The molecule has 9 aromatic rings. The third kappa shape index (κ3) is 7.85. The fourth-order valence-corrected chi connectivity index (χ4v) is 7.76. The number of pyridine rings is 2. The summed E-state index contributed by atoms with van der Waals surface area (Å²) in [5, 5.41) is 0. The van der Waals surface area contributed by atoms with Crippen molar-refractivity contribution in [3.8, 4) is 78.7 Å². The van der Waals surface area contributed by atoms with Crippen molar-refractivity contribution in [1.82, 2.24) is 24.9 Å². The van der Waals surface area contributed by atoms with Gasteiger partial charge in [0.2, 0.25) is 0 Å². The molecule has 1 aliphatic carbocycles. The van der Waals surface area contributed by atoms with Crippen molar-refractivity contribution < 1.29 is 0 Å². The number of hydrogen-bond acceptors (Lipinski definition) is 5. The molecule has 0 unspecified atom stereocenters. The van der Waals surface area contributed by atoms with Gasteiger partial charge in [0.1, 0.15) is 0 Å². The summed E-state index contributed by atoms with van der Waals surface area (Å²) in [5.41, 5.74) is 16.1. The van der Waals surface area contributed by atoms with Gasteiger partial charge in [-0.3, -0.25) is 9.97 Å². The van der Waals surface area contributed by atoms with Crippen molar-refractivity contribution in [2.24, 2.45) is 0 Å². The molecular formula is C55H39N5. The Labute approximate surface area is 350 Å². The molecule has 0 aliphatic heterocycles. The van der Waals surface area contributed by atoms with Crippen LogP contribution in [0.15, 0.2) is 213 Å². The van der Waals surface area contributed by atoms with Crippen molar-refractivity contribution in [3.05, 3.63) is 224 Å². The molecule has 0 spiro atoms. The van der Waals surface area contributed by atoms with E-state index in [1.165, 1.54) is 16.7 Å². The molecule has 0 fully saturated rings. The van der Waals surface area contributed by atoms with E-state index in [1.807, 2.05) is 54.9 Å². The average molecular weight is 770 g/mol. The lowest BCUT2D eigenvalue weighted by atomic mass is 9.93. The second-order valence-electron chi connectivity index (χ2n) is 14.9. The summed E-state index contributed by atoms with van der Waals surface area (Å²) in [7, 11) is 0. The van der Waals surface area contributed by atoms with Gasteiger partial charge < -0.3 is 0 Å². The predicted octanol–water partition coefficient (Wildman–Crippen LogP) is 13.6. The van der Waals surface area contributed by atoms with Gasteiger partial charge in [0, 0.05) is 34.6 Å². The minimum absolute atomic E-state index is 0.624. The molecule has 60 heavy (non-hydrogen) atoms. The van der Waals surface area contributed by atoms with Crippen LogP contribution in [0.4, 0.5) is 0 Å². The molecule has 0 bridgehead atoms. The van der Waals surface area contributed by atoms with Crippen LogP contribution in [0.5, 0.6) is 0 Å². The number of hydrogen-bond donors (Lipinski definition) is 0. The number of benzene rings is 6. The third-order valence-corrected chi connectivity index (χ3v) is 11.0. The molecule has 5 nitrogen and oxygen atoms in total. The number of rotatable bonds is 9. The summed E-state index contributed by atoms with van der Waals surface area (Å²) >= 11 is 0. The van der Waals surface area contributed by atoms with Crippen LogP contribution in [0.25, 0.3) is 89.8 Å². The maximum atomic E-state index is 5.26. The number of aromatic nitrogens is 5. The molecule has 1 aliphatic rings. The summed E-state index contributed by atoms with van der Waals surface area (Å²) < 4.78 is 0. The molecule has 3 heterocycles. The number of allylic oxidation sites excluding steroid dienone is 4. The average Bonchev–Trinajstić information content (AvgIpc) is 3.35. The first-order valence-corrected chi connectivity index (χ1v) is 20.3. The van der Waals surface area contributed by atoms with Crippen LogP contribution < -0.4 is 0 Å². The largest absolute Gasteiger partial charge is 0.256 e. The standard InChI is InChI=1S/C55H39N5/c1-3-11-38(12-4-1)40-21-29-46(30-22-40)53-58-54(47-31-23-41(24-32-47)39-13-5-2-6-14-39)60-55(59-53)50-36-48(42-17-25-44(26-18-42)51-15-7-9-33-56-51)35-49(37-50)43-19-27-45(28-20-43)52-16-8-10-34-57-52/h1-23,25-31,33-37H,24,32H2. The van der Waals surface area contributed by atoms with E-state index in [2.05, 4.69) is 168 Å². The van der Waals surface area contributed by atoms with Gasteiger partial charge in [-0.1, -0.05) is 158 Å². The molecule has 0 radical (unpaired) electrons. The topological polar surface area (TPSA) is 64.5 Å². The Morgan fingerprint density at radius 2 is 0.650 bits per heavy atom. The SMILES string of the molecule is C1=C(c2ccccc2)CCC(c2nc(-c3ccc(-c4ccccc4)cc3)nc(-c3cc(-c4ccc(-c5ccccn5)cc4)cc(-c4ccc(-c5ccccn5)cc4)c3)n2)=C1. The molecule has 0 saturated heterocycles. The summed E-state index contributed by atoms with van der Waals surface area (Å²) in [6.45, 7) is 0. The van der Waals surface area contributed by atoms with Crippen molar-refractivity contribution >= 4 is 11.1 Å².